The Balaban J connectivity index is 2.61. The third kappa shape index (κ3) is 5.43. The quantitative estimate of drug-likeness (QED) is 0.721. The number of sulfonamides is 1. The summed E-state index contributed by atoms with van der Waals surface area (Å²) in [6.45, 7) is 3.34. The van der Waals surface area contributed by atoms with E-state index in [0.29, 0.717) is 30.4 Å². The van der Waals surface area contributed by atoms with Gasteiger partial charge in [-0.3, -0.25) is 4.79 Å². The van der Waals surface area contributed by atoms with Gasteiger partial charge in [0.1, 0.15) is 5.82 Å². The first-order chi connectivity index (χ1) is 9.74. The molecule has 118 valence electrons. The minimum atomic E-state index is -3.67. The van der Waals surface area contributed by atoms with Gasteiger partial charge in [0.25, 0.3) is 0 Å². The lowest BCUT2D eigenvalue weighted by molar-refractivity contribution is -0.137. The summed E-state index contributed by atoms with van der Waals surface area (Å²) < 4.78 is 40.1. The maximum Gasteiger partial charge on any atom is 0.303 e. The van der Waals surface area contributed by atoms with E-state index in [1.54, 1.807) is 13.8 Å². The number of carboxylic acids is 1. The van der Waals surface area contributed by atoms with Crippen LogP contribution in [-0.4, -0.2) is 26.0 Å². The number of benzene rings is 1. The van der Waals surface area contributed by atoms with Gasteiger partial charge in [0.2, 0.25) is 10.0 Å². The second-order valence-electron chi connectivity index (χ2n) is 4.97. The standard InChI is InChI=1S/C14H20FNO4S/c1-10-8-12(15)9-11(2)14(10)21(19,20)16-7-5-3-4-6-13(17)18/h8-9,16H,3-7H2,1-2H3,(H,17,18). The van der Waals surface area contributed by atoms with Crippen LogP contribution in [-0.2, 0) is 14.8 Å². The Bertz CT molecular complexity index is 590. The summed E-state index contributed by atoms with van der Waals surface area (Å²) in [5.74, 6) is -1.31. The lowest BCUT2D eigenvalue weighted by Crippen LogP contribution is -2.26. The molecular weight excluding hydrogens is 297 g/mol. The van der Waals surface area contributed by atoms with E-state index >= 15 is 0 Å². The van der Waals surface area contributed by atoms with Crippen molar-refractivity contribution in [3.63, 3.8) is 0 Å². The zero-order valence-electron chi connectivity index (χ0n) is 12.1. The maximum absolute atomic E-state index is 13.2. The second-order valence-corrected chi connectivity index (χ2v) is 6.67. The Kier molecular flexibility index (Phi) is 6.29. The van der Waals surface area contributed by atoms with Crippen molar-refractivity contribution in [3.8, 4) is 0 Å². The summed E-state index contributed by atoms with van der Waals surface area (Å²) in [6.07, 6.45) is 1.80. The molecule has 0 aliphatic heterocycles. The number of rotatable bonds is 8. The molecular formula is C14H20FNO4S. The van der Waals surface area contributed by atoms with Gasteiger partial charge < -0.3 is 5.11 Å². The van der Waals surface area contributed by atoms with Crippen LogP contribution in [0.2, 0.25) is 0 Å². The number of hydrogen-bond acceptors (Lipinski definition) is 3. The average molecular weight is 317 g/mol. The Morgan fingerprint density at radius 2 is 1.76 bits per heavy atom. The van der Waals surface area contributed by atoms with Gasteiger partial charge in [-0.05, 0) is 49.9 Å². The normalized spacial score (nSPS) is 11.6. The van der Waals surface area contributed by atoms with Gasteiger partial charge in [-0.15, -0.1) is 0 Å². The molecule has 0 atom stereocenters. The predicted molar refractivity (Wildman–Crippen MR) is 77.2 cm³/mol. The molecule has 1 aromatic carbocycles. The Morgan fingerprint density at radius 1 is 1.19 bits per heavy atom. The third-order valence-electron chi connectivity index (χ3n) is 3.05. The highest BCUT2D eigenvalue weighted by Gasteiger charge is 2.19. The molecule has 0 aromatic heterocycles. The molecule has 0 spiro atoms. The first-order valence-corrected chi connectivity index (χ1v) is 8.20. The van der Waals surface area contributed by atoms with E-state index in [1.165, 1.54) is 12.1 Å². The second kappa shape index (κ2) is 7.51. The zero-order valence-corrected chi connectivity index (χ0v) is 13.0. The molecule has 0 heterocycles. The molecule has 0 amide bonds. The van der Waals surface area contributed by atoms with Crippen molar-refractivity contribution in [2.45, 2.75) is 44.4 Å². The van der Waals surface area contributed by atoms with Crippen molar-refractivity contribution in [2.24, 2.45) is 0 Å². The molecule has 1 aromatic rings. The van der Waals surface area contributed by atoms with Gasteiger partial charge >= 0.3 is 5.97 Å². The van der Waals surface area contributed by atoms with E-state index in [4.69, 9.17) is 5.11 Å². The summed E-state index contributed by atoms with van der Waals surface area (Å²) >= 11 is 0. The Hall–Kier alpha value is -1.47. The van der Waals surface area contributed by atoms with Crippen LogP contribution in [0.5, 0.6) is 0 Å². The average Bonchev–Trinajstić information content (AvgIpc) is 2.31. The van der Waals surface area contributed by atoms with Crippen LogP contribution >= 0.6 is 0 Å². The van der Waals surface area contributed by atoms with E-state index in [-0.39, 0.29) is 17.9 Å². The molecule has 0 saturated heterocycles. The molecule has 0 unspecified atom stereocenters. The number of halogens is 1. The fourth-order valence-electron chi connectivity index (χ4n) is 2.18. The number of aliphatic carboxylic acids is 1. The number of aryl methyl sites for hydroxylation is 2. The van der Waals surface area contributed by atoms with E-state index in [9.17, 15) is 17.6 Å². The molecule has 0 radical (unpaired) electrons. The topological polar surface area (TPSA) is 83.5 Å². The molecule has 0 bridgehead atoms. The van der Waals surface area contributed by atoms with Crippen molar-refractivity contribution >= 4 is 16.0 Å². The predicted octanol–water partition coefficient (Wildman–Crippen LogP) is 2.37. The third-order valence-corrected chi connectivity index (χ3v) is 4.82. The highest BCUT2D eigenvalue weighted by atomic mass is 32.2. The van der Waals surface area contributed by atoms with Crippen LogP contribution in [0.15, 0.2) is 17.0 Å². The first-order valence-electron chi connectivity index (χ1n) is 6.72. The van der Waals surface area contributed by atoms with Crippen molar-refractivity contribution < 1.29 is 22.7 Å². The van der Waals surface area contributed by atoms with E-state index in [1.807, 2.05) is 0 Å². The van der Waals surface area contributed by atoms with Crippen molar-refractivity contribution in [3.05, 3.63) is 29.1 Å². The van der Waals surface area contributed by atoms with Gasteiger partial charge in [0, 0.05) is 13.0 Å². The fraction of sp³-hybridized carbons (Fsp3) is 0.500. The van der Waals surface area contributed by atoms with Crippen molar-refractivity contribution in [1.29, 1.82) is 0 Å². The van der Waals surface area contributed by atoms with Crippen LogP contribution in [0.1, 0.15) is 36.8 Å². The monoisotopic (exact) mass is 317 g/mol. The zero-order chi connectivity index (χ0) is 16.0. The number of unbranched alkanes of at least 4 members (excludes halogenated alkanes) is 2. The number of carboxylic acid groups (broad SMARTS) is 1. The Morgan fingerprint density at radius 3 is 2.29 bits per heavy atom. The van der Waals surface area contributed by atoms with Crippen molar-refractivity contribution in [2.75, 3.05) is 6.54 Å². The van der Waals surface area contributed by atoms with Crippen LogP contribution in [0.25, 0.3) is 0 Å². The SMILES string of the molecule is Cc1cc(F)cc(C)c1S(=O)(=O)NCCCCCC(=O)O. The van der Waals surface area contributed by atoms with Crippen LogP contribution < -0.4 is 4.72 Å². The number of hydrogen-bond donors (Lipinski definition) is 2. The smallest absolute Gasteiger partial charge is 0.303 e. The van der Waals surface area contributed by atoms with Gasteiger partial charge in [-0.2, -0.15) is 0 Å². The van der Waals surface area contributed by atoms with E-state index in [0.717, 1.165) is 0 Å². The molecule has 21 heavy (non-hydrogen) atoms. The minimum absolute atomic E-state index is 0.0862. The number of nitrogens with one attached hydrogen (secondary N) is 1. The molecule has 1 rings (SSSR count). The van der Waals surface area contributed by atoms with E-state index < -0.39 is 21.8 Å². The Labute approximate surface area is 124 Å². The largest absolute Gasteiger partial charge is 0.481 e. The van der Waals surface area contributed by atoms with Crippen LogP contribution in [0.4, 0.5) is 4.39 Å². The minimum Gasteiger partial charge on any atom is -0.481 e. The summed E-state index contributed by atoms with van der Waals surface area (Å²) in [4.78, 5) is 10.4. The molecule has 0 aliphatic carbocycles. The van der Waals surface area contributed by atoms with Crippen LogP contribution in [0.3, 0.4) is 0 Å². The van der Waals surface area contributed by atoms with Gasteiger partial charge in [-0.25, -0.2) is 17.5 Å². The highest BCUT2D eigenvalue weighted by molar-refractivity contribution is 7.89. The summed E-state index contributed by atoms with van der Waals surface area (Å²) in [7, 11) is -3.67. The fourth-order valence-corrected chi connectivity index (χ4v) is 3.70. The molecule has 5 nitrogen and oxygen atoms in total. The summed E-state index contributed by atoms with van der Waals surface area (Å²) in [5, 5.41) is 8.49. The van der Waals surface area contributed by atoms with Crippen molar-refractivity contribution in [1.82, 2.24) is 4.72 Å². The molecule has 0 aliphatic rings. The highest BCUT2D eigenvalue weighted by Crippen LogP contribution is 2.21. The van der Waals surface area contributed by atoms with Crippen LogP contribution in [0, 0.1) is 19.7 Å². The summed E-state index contributed by atoms with van der Waals surface area (Å²) in [6, 6.07) is 2.38. The molecule has 0 fully saturated rings. The molecule has 7 heteroatoms. The van der Waals surface area contributed by atoms with E-state index in [2.05, 4.69) is 4.72 Å². The first kappa shape index (κ1) is 17.6. The summed E-state index contributed by atoms with van der Waals surface area (Å²) in [5.41, 5.74) is 0.733. The van der Waals surface area contributed by atoms with Gasteiger partial charge in [0.05, 0.1) is 4.90 Å². The maximum atomic E-state index is 13.2. The number of carbonyl (C=O) groups is 1. The molecule has 2 N–H and O–H groups in total. The van der Waals surface area contributed by atoms with Gasteiger partial charge in [0.15, 0.2) is 0 Å². The lowest BCUT2D eigenvalue weighted by atomic mass is 10.1. The molecule has 0 saturated carbocycles. The van der Waals surface area contributed by atoms with Gasteiger partial charge in [-0.1, -0.05) is 6.42 Å². The lowest BCUT2D eigenvalue weighted by Gasteiger charge is -2.12.